The van der Waals surface area contributed by atoms with Gasteiger partial charge in [0.2, 0.25) is 0 Å². The number of nitrogens with zero attached hydrogens (tertiary/aromatic N) is 6. The van der Waals surface area contributed by atoms with E-state index >= 15 is 0 Å². The van der Waals surface area contributed by atoms with Gasteiger partial charge in [-0.05, 0) is 81.9 Å². The highest BCUT2D eigenvalue weighted by atomic mass is 15.5. The fourth-order valence-electron chi connectivity index (χ4n) is 7.23. The molecule has 0 radical (unpaired) electrons. The fourth-order valence-corrected chi connectivity index (χ4v) is 7.23. The Morgan fingerprint density at radius 3 is 1.06 bits per heavy atom. The van der Waals surface area contributed by atoms with Crippen LogP contribution in [-0.2, 0) is 0 Å². The quantitative estimate of drug-likeness (QED) is 0.152. The molecule has 6 aromatic rings. The summed E-state index contributed by atoms with van der Waals surface area (Å²) in [6, 6.07) is 56.7. The summed E-state index contributed by atoms with van der Waals surface area (Å²) in [6.45, 7) is 0. The lowest BCUT2D eigenvalue weighted by Crippen LogP contribution is -2.18. The molecule has 2 aliphatic rings. The minimum atomic E-state index is 0.113. The predicted octanol–water partition coefficient (Wildman–Crippen LogP) is 10.2. The maximum Gasteiger partial charge on any atom is 0.0831 e. The lowest BCUT2D eigenvalue weighted by atomic mass is 9.94. The van der Waals surface area contributed by atoms with Gasteiger partial charge in [0, 0.05) is 52.4 Å². The van der Waals surface area contributed by atoms with E-state index < -0.39 is 0 Å². The third-order valence-corrected chi connectivity index (χ3v) is 10.2. The Morgan fingerprint density at radius 1 is 0.404 bits per heavy atom. The number of hydrogen-bond acceptors (Lipinski definition) is 6. The first-order valence-corrected chi connectivity index (χ1v) is 18.0. The van der Waals surface area contributed by atoms with Crippen LogP contribution in [0, 0.1) is 0 Å². The van der Waals surface area contributed by atoms with E-state index in [0.29, 0.717) is 0 Å². The number of hydrogen-bond donors (Lipinski definition) is 0. The highest BCUT2D eigenvalue weighted by Crippen LogP contribution is 2.39. The number of rotatable bonds is 9. The van der Waals surface area contributed by atoms with E-state index in [9.17, 15) is 0 Å². The SMILES string of the molecule is CN(C)c1ccc(C2=NN(c3ccccc3)C(c3ccc(-c4ccc(C5CC(c6ccc(N(C)C)cc6)=NN5c5ccccc5)cc4)cc3)C2)cc1. The molecular weight excluding hydrogens is 637 g/mol. The van der Waals surface area contributed by atoms with E-state index in [1.807, 2.05) is 0 Å². The van der Waals surface area contributed by atoms with E-state index in [-0.39, 0.29) is 12.1 Å². The van der Waals surface area contributed by atoms with Crippen LogP contribution < -0.4 is 19.8 Å². The smallest absolute Gasteiger partial charge is 0.0831 e. The number of para-hydroxylation sites is 2. The summed E-state index contributed by atoms with van der Waals surface area (Å²) in [5.74, 6) is 0. The van der Waals surface area contributed by atoms with Crippen molar-refractivity contribution in [1.29, 1.82) is 0 Å². The molecule has 0 amide bonds. The standard InChI is InChI=1S/C46H44N6/c1-49(2)39-27-23-35(24-28-39)43-31-45(51(47-43)41-11-7-5-8-12-41)37-19-15-33(16-20-37)34-17-21-38(22-18-34)46-32-44(36-25-29-40(30-26-36)50(3)4)48-52(46)42-13-9-6-10-14-42/h5-30,45-46H,31-32H2,1-4H3. The number of benzene rings is 6. The van der Waals surface area contributed by atoms with Crippen molar-refractivity contribution in [3.05, 3.63) is 180 Å². The first-order valence-electron chi connectivity index (χ1n) is 18.0. The fraction of sp³-hybridized carbons (Fsp3) is 0.174. The summed E-state index contributed by atoms with van der Waals surface area (Å²) >= 11 is 0. The molecule has 0 bridgehead atoms. The van der Waals surface area contributed by atoms with E-state index in [1.54, 1.807) is 0 Å². The molecule has 0 fully saturated rings. The zero-order chi connectivity index (χ0) is 35.6. The van der Waals surface area contributed by atoms with Gasteiger partial charge in [0.15, 0.2) is 0 Å². The Labute approximate surface area is 307 Å². The van der Waals surface area contributed by atoms with E-state index in [2.05, 4.69) is 206 Å². The lowest BCUT2D eigenvalue weighted by molar-refractivity contribution is 0.709. The zero-order valence-electron chi connectivity index (χ0n) is 30.3. The molecule has 2 heterocycles. The van der Waals surface area contributed by atoms with Crippen LogP contribution in [-0.4, -0.2) is 39.6 Å². The molecule has 6 aromatic carbocycles. The van der Waals surface area contributed by atoms with Crippen molar-refractivity contribution in [3.8, 4) is 11.1 Å². The van der Waals surface area contributed by atoms with Gasteiger partial charge in [-0.3, -0.25) is 10.0 Å². The highest BCUT2D eigenvalue weighted by Gasteiger charge is 2.31. The van der Waals surface area contributed by atoms with Crippen LogP contribution in [0.4, 0.5) is 22.7 Å². The number of anilines is 4. The summed E-state index contributed by atoms with van der Waals surface area (Å²) in [6.07, 6.45) is 1.68. The Hall–Kier alpha value is -6.14. The van der Waals surface area contributed by atoms with E-state index in [4.69, 9.17) is 10.2 Å². The Morgan fingerprint density at radius 2 is 0.731 bits per heavy atom. The second-order valence-electron chi connectivity index (χ2n) is 14.0. The van der Waals surface area contributed by atoms with Crippen molar-refractivity contribution in [2.75, 3.05) is 48.0 Å². The summed E-state index contributed by atoms with van der Waals surface area (Å²) < 4.78 is 0. The predicted molar refractivity (Wildman–Crippen MR) is 219 cm³/mol. The van der Waals surface area contributed by atoms with Gasteiger partial charge in [-0.25, -0.2) is 0 Å². The molecule has 52 heavy (non-hydrogen) atoms. The summed E-state index contributed by atoms with van der Waals surface area (Å²) in [5.41, 5.74) is 14.0. The molecule has 258 valence electrons. The first-order chi connectivity index (χ1) is 25.4. The van der Waals surface area contributed by atoms with Crippen molar-refractivity contribution in [3.63, 3.8) is 0 Å². The Balaban J connectivity index is 1.03. The molecule has 2 aliphatic heterocycles. The van der Waals surface area contributed by atoms with Gasteiger partial charge in [-0.2, -0.15) is 10.2 Å². The van der Waals surface area contributed by atoms with Crippen LogP contribution in [0.25, 0.3) is 11.1 Å². The van der Waals surface area contributed by atoms with E-state index in [0.717, 1.165) is 35.6 Å². The van der Waals surface area contributed by atoms with Crippen LogP contribution in [0.5, 0.6) is 0 Å². The minimum Gasteiger partial charge on any atom is -0.378 e. The average Bonchev–Trinajstić information content (AvgIpc) is 3.85. The molecule has 6 nitrogen and oxygen atoms in total. The molecule has 8 rings (SSSR count). The summed E-state index contributed by atoms with van der Waals surface area (Å²) in [7, 11) is 8.28. The normalized spacial score (nSPS) is 16.8. The van der Waals surface area contributed by atoms with Crippen molar-refractivity contribution < 1.29 is 0 Å². The lowest BCUT2D eigenvalue weighted by Gasteiger charge is -2.24. The van der Waals surface area contributed by atoms with Gasteiger partial charge in [0.05, 0.1) is 34.9 Å². The molecule has 6 heteroatoms. The summed E-state index contributed by atoms with van der Waals surface area (Å²) in [4.78, 5) is 4.25. The van der Waals surface area contributed by atoms with Crippen LogP contribution in [0.1, 0.15) is 47.2 Å². The Kier molecular flexibility index (Phi) is 9.04. The maximum absolute atomic E-state index is 5.17. The average molecular weight is 681 g/mol. The molecule has 0 spiro atoms. The molecule has 0 aromatic heterocycles. The van der Waals surface area contributed by atoms with Gasteiger partial charge in [0.25, 0.3) is 0 Å². The van der Waals surface area contributed by atoms with Gasteiger partial charge < -0.3 is 9.80 Å². The third kappa shape index (κ3) is 6.68. The maximum atomic E-state index is 5.17. The highest BCUT2D eigenvalue weighted by molar-refractivity contribution is 6.04. The molecule has 0 saturated carbocycles. The van der Waals surface area contributed by atoms with Gasteiger partial charge in [-0.15, -0.1) is 0 Å². The van der Waals surface area contributed by atoms with Crippen LogP contribution >= 0.6 is 0 Å². The van der Waals surface area contributed by atoms with Gasteiger partial charge in [0.1, 0.15) is 0 Å². The molecule has 0 N–H and O–H groups in total. The van der Waals surface area contributed by atoms with Crippen molar-refractivity contribution in [1.82, 2.24) is 0 Å². The van der Waals surface area contributed by atoms with Crippen molar-refractivity contribution in [2.45, 2.75) is 24.9 Å². The monoisotopic (exact) mass is 680 g/mol. The Bertz CT molecular complexity index is 2010. The molecule has 2 unspecified atom stereocenters. The molecule has 2 atom stereocenters. The second-order valence-corrected chi connectivity index (χ2v) is 14.0. The number of hydrazone groups is 2. The van der Waals surface area contributed by atoms with Crippen LogP contribution in [0.15, 0.2) is 168 Å². The molecule has 0 saturated heterocycles. The van der Waals surface area contributed by atoms with Gasteiger partial charge >= 0.3 is 0 Å². The molecule has 0 aliphatic carbocycles. The first kappa shape index (κ1) is 33.0. The second kappa shape index (κ2) is 14.2. The third-order valence-electron chi connectivity index (χ3n) is 10.2. The van der Waals surface area contributed by atoms with Crippen LogP contribution in [0.3, 0.4) is 0 Å². The largest absolute Gasteiger partial charge is 0.378 e. The minimum absolute atomic E-state index is 0.113. The topological polar surface area (TPSA) is 37.7 Å². The van der Waals surface area contributed by atoms with E-state index in [1.165, 1.54) is 44.8 Å². The zero-order valence-corrected chi connectivity index (χ0v) is 30.3. The van der Waals surface area contributed by atoms with Gasteiger partial charge in [-0.1, -0.05) is 109 Å². The van der Waals surface area contributed by atoms with Crippen LogP contribution in [0.2, 0.25) is 0 Å². The van der Waals surface area contributed by atoms with Crippen molar-refractivity contribution in [2.24, 2.45) is 10.2 Å². The molecular formula is C46H44N6. The summed E-state index contributed by atoms with van der Waals surface area (Å²) in [5, 5.41) is 14.7. The van der Waals surface area contributed by atoms with Crippen molar-refractivity contribution >= 4 is 34.2 Å².